The summed E-state index contributed by atoms with van der Waals surface area (Å²) in [6.07, 6.45) is 3.00. The first kappa shape index (κ1) is 14.6. The molecule has 0 aliphatic rings. The second kappa shape index (κ2) is 5.94. The van der Waals surface area contributed by atoms with Crippen LogP contribution in [0.2, 0.25) is 0 Å². The third-order valence-electron chi connectivity index (χ3n) is 2.72. The highest BCUT2D eigenvalue weighted by atomic mass is 16.3. The van der Waals surface area contributed by atoms with Crippen LogP contribution in [0, 0.1) is 0 Å². The molecule has 0 spiro atoms. The van der Waals surface area contributed by atoms with Gasteiger partial charge < -0.3 is 25.2 Å². The van der Waals surface area contributed by atoms with Gasteiger partial charge in [-0.05, 0) is 13.8 Å². The molecule has 0 aliphatic heterocycles. The number of aliphatic hydroxyl groups excluding tert-OH is 3. The van der Waals surface area contributed by atoms with E-state index in [-0.39, 0.29) is 17.4 Å². The molecular formula is C11H19N3O4. The first-order chi connectivity index (χ1) is 8.49. The maximum atomic E-state index is 12.0. The van der Waals surface area contributed by atoms with Crippen LogP contribution in [-0.2, 0) is 0 Å². The van der Waals surface area contributed by atoms with Gasteiger partial charge in [0.2, 0.25) is 0 Å². The van der Waals surface area contributed by atoms with Crippen molar-refractivity contribution in [1.82, 2.24) is 9.55 Å². The molecular weight excluding hydrogens is 238 g/mol. The second-order valence-electron chi connectivity index (χ2n) is 4.46. The summed E-state index contributed by atoms with van der Waals surface area (Å²) in [4.78, 5) is 15.9. The zero-order chi connectivity index (χ0) is 13.8. The number of nitrogens with zero attached hydrogens (tertiary/aromatic N) is 2. The first-order valence-electron chi connectivity index (χ1n) is 5.67. The van der Waals surface area contributed by atoms with Crippen molar-refractivity contribution >= 4 is 5.82 Å². The lowest BCUT2D eigenvalue weighted by atomic mass is 10.0. The third-order valence-corrected chi connectivity index (χ3v) is 2.72. The molecule has 7 heteroatoms. The number of hydrogen-bond acceptors (Lipinski definition) is 6. The molecule has 0 radical (unpaired) electrons. The highest BCUT2D eigenvalue weighted by Gasteiger charge is 2.29. The van der Waals surface area contributed by atoms with Crippen molar-refractivity contribution in [2.45, 2.75) is 25.4 Å². The summed E-state index contributed by atoms with van der Waals surface area (Å²) >= 11 is 0. The molecule has 18 heavy (non-hydrogen) atoms. The van der Waals surface area contributed by atoms with Gasteiger partial charge in [-0.15, -0.1) is 0 Å². The van der Waals surface area contributed by atoms with Gasteiger partial charge in [-0.1, -0.05) is 0 Å². The standard InChI is InChI=1S/C11H19N3O4/c1-8(2)14-4-3-12-9(10(14)18)13-11(5-15,6-16)7-17/h3-4,8,15-17H,5-7H2,1-2H3,(H,12,13). The molecule has 0 fully saturated rings. The monoisotopic (exact) mass is 257 g/mol. The number of aromatic nitrogens is 2. The van der Waals surface area contributed by atoms with Gasteiger partial charge in [0.25, 0.3) is 5.56 Å². The molecule has 1 aromatic rings. The second-order valence-corrected chi connectivity index (χ2v) is 4.46. The molecule has 0 saturated heterocycles. The van der Waals surface area contributed by atoms with Crippen LogP contribution >= 0.6 is 0 Å². The maximum Gasteiger partial charge on any atom is 0.293 e. The molecule has 1 aromatic heterocycles. The van der Waals surface area contributed by atoms with Crippen molar-refractivity contribution in [2.75, 3.05) is 25.1 Å². The Hall–Kier alpha value is -1.44. The predicted molar refractivity (Wildman–Crippen MR) is 66.5 cm³/mol. The van der Waals surface area contributed by atoms with Crippen LogP contribution in [0.5, 0.6) is 0 Å². The molecule has 0 unspecified atom stereocenters. The van der Waals surface area contributed by atoms with Crippen molar-refractivity contribution < 1.29 is 15.3 Å². The summed E-state index contributed by atoms with van der Waals surface area (Å²) < 4.78 is 1.46. The Morgan fingerprint density at radius 2 is 1.89 bits per heavy atom. The molecule has 1 heterocycles. The third kappa shape index (κ3) is 2.87. The average Bonchev–Trinajstić information content (AvgIpc) is 2.38. The smallest absolute Gasteiger partial charge is 0.293 e. The summed E-state index contributed by atoms with van der Waals surface area (Å²) in [5.74, 6) is -0.0108. The minimum absolute atomic E-state index is 0.0108. The molecule has 1 rings (SSSR count). The Kier molecular flexibility index (Phi) is 4.83. The molecule has 0 atom stereocenters. The van der Waals surface area contributed by atoms with Crippen molar-refractivity contribution in [2.24, 2.45) is 0 Å². The lowest BCUT2D eigenvalue weighted by Crippen LogP contribution is -2.50. The van der Waals surface area contributed by atoms with Crippen LogP contribution in [-0.4, -0.2) is 50.2 Å². The topological polar surface area (TPSA) is 108 Å². The minimum atomic E-state index is -1.36. The van der Waals surface area contributed by atoms with Crippen molar-refractivity contribution in [3.05, 3.63) is 22.7 Å². The number of hydrogen-bond donors (Lipinski definition) is 4. The molecule has 7 nitrogen and oxygen atoms in total. The van der Waals surface area contributed by atoms with E-state index < -0.39 is 25.4 Å². The number of nitrogens with one attached hydrogen (secondary N) is 1. The van der Waals surface area contributed by atoms with Crippen LogP contribution < -0.4 is 10.9 Å². The van der Waals surface area contributed by atoms with Gasteiger partial charge >= 0.3 is 0 Å². The Labute approximate surface area is 105 Å². The number of rotatable bonds is 6. The zero-order valence-electron chi connectivity index (χ0n) is 10.5. The summed E-state index contributed by atoms with van der Waals surface area (Å²) in [7, 11) is 0. The minimum Gasteiger partial charge on any atom is -0.394 e. The summed E-state index contributed by atoms with van der Waals surface area (Å²) in [5, 5.41) is 30.2. The Bertz CT molecular complexity index is 432. The van der Waals surface area contributed by atoms with Crippen LogP contribution in [0.3, 0.4) is 0 Å². The number of aliphatic hydroxyl groups is 3. The van der Waals surface area contributed by atoms with E-state index in [1.807, 2.05) is 13.8 Å². The Balaban J connectivity index is 3.12. The van der Waals surface area contributed by atoms with Crippen molar-refractivity contribution in [3.63, 3.8) is 0 Å². The Morgan fingerprint density at radius 3 is 2.33 bits per heavy atom. The summed E-state index contributed by atoms with van der Waals surface area (Å²) in [6.45, 7) is 2.15. The lowest BCUT2D eigenvalue weighted by molar-refractivity contribution is 0.0829. The van der Waals surface area contributed by atoms with E-state index in [0.29, 0.717) is 0 Å². The molecule has 0 amide bonds. The van der Waals surface area contributed by atoms with E-state index in [1.54, 1.807) is 6.20 Å². The van der Waals surface area contributed by atoms with Gasteiger partial charge in [0.05, 0.1) is 19.8 Å². The van der Waals surface area contributed by atoms with Gasteiger partial charge in [-0.2, -0.15) is 0 Å². The fraction of sp³-hybridized carbons (Fsp3) is 0.636. The van der Waals surface area contributed by atoms with E-state index in [0.717, 1.165) is 0 Å². The Morgan fingerprint density at radius 1 is 1.33 bits per heavy atom. The van der Waals surface area contributed by atoms with Gasteiger partial charge in [-0.3, -0.25) is 4.79 Å². The van der Waals surface area contributed by atoms with Crippen LogP contribution in [0.15, 0.2) is 17.2 Å². The highest BCUT2D eigenvalue weighted by molar-refractivity contribution is 5.35. The normalized spacial score (nSPS) is 11.9. The van der Waals surface area contributed by atoms with E-state index in [9.17, 15) is 20.1 Å². The summed E-state index contributed by atoms with van der Waals surface area (Å²) in [5.41, 5.74) is -1.73. The van der Waals surface area contributed by atoms with E-state index in [2.05, 4.69) is 10.3 Å². The van der Waals surface area contributed by atoms with E-state index >= 15 is 0 Å². The van der Waals surface area contributed by atoms with E-state index in [4.69, 9.17) is 0 Å². The molecule has 0 aromatic carbocycles. The SMILES string of the molecule is CC(C)n1ccnc(NC(CO)(CO)CO)c1=O. The van der Waals surface area contributed by atoms with Gasteiger partial charge in [-0.25, -0.2) is 4.98 Å². The van der Waals surface area contributed by atoms with Gasteiger partial charge in [0, 0.05) is 18.4 Å². The molecule has 0 bridgehead atoms. The average molecular weight is 257 g/mol. The van der Waals surface area contributed by atoms with Crippen LogP contribution in [0.25, 0.3) is 0 Å². The van der Waals surface area contributed by atoms with Crippen LogP contribution in [0.4, 0.5) is 5.82 Å². The number of anilines is 1. The van der Waals surface area contributed by atoms with Gasteiger partial charge in [0.1, 0.15) is 5.54 Å². The zero-order valence-corrected chi connectivity index (χ0v) is 10.5. The largest absolute Gasteiger partial charge is 0.394 e. The van der Waals surface area contributed by atoms with Gasteiger partial charge in [0.15, 0.2) is 5.82 Å². The van der Waals surface area contributed by atoms with Crippen LogP contribution in [0.1, 0.15) is 19.9 Å². The van der Waals surface area contributed by atoms with Crippen molar-refractivity contribution in [1.29, 1.82) is 0 Å². The highest BCUT2D eigenvalue weighted by Crippen LogP contribution is 2.10. The molecule has 0 aliphatic carbocycles. The predicted octanol–water partition coefficient (Wildman–Crippen LogP) is -1.05. The summed E-state index contributed by atoms with van der Waals surface area (Å²) in [6, 6.07) is -0.0344. The molecule has 102 valence electrons. The lowest BCUT2D eigenvalue weighted by Gasteiger charge is -2.29. The quantitative estimate of drug-likeness (QED) is 0.518. The first-order valence-corrected chi connectivity index (χ1v) is 5.67. The molecule has 0 saturated carbocycles. The maximum absolute atomic E-state index is 12.0. The van der Waals surface area contributed by atoms with Crippen molar-refractivity contribution in [3.8, 4) is 0 Å². The molecule has 4 N–H and O–H groups in total. The van der Waals surface area contributed by atoms with E-state index in [1.165, 1.54) is 10.8 Å². The fourth-order valence-corrected chi connectivity index (χ4v) is 1.44. The fourth-order valence-electron chi connectivity index (χ4n) is 1.44.